The largest absolute Gasteiger partial charge is 0.396 e. The molecular weight excluding hydrogens is 245 g/mol. The van der Waals surface area contributed by atoms with Gasteiger partial charge in [-0.05, 0) is 30.2 Å². The van der Waals surface area contributed by atoms with Crippen molar-refractivity contribution in [2.75, 3.05) is 6.61 Å². The fourth-order valence-corrected chi connectivity index (χ4v) is 1.73. The predicted octanol–water partition coefficient (Wildman–Crippen LogP) is 3.09. The lowest BCUT2D eigenvalue weighted by Crippen LogP contribution is -2.32. The maximum Gasteiger partial charge on any atom is 0.0500 e. The van der Waals surface area contributed by atoms with E-state index in [1.54, 1.807) is 0 Å². The van der Waals surface area contributed by atoms with Crippen molar-refractivity contribution in [3.8, 4) is 0 Å². The van der Waals surface area contributed by atoms with Crippen molar-refractivity contribution in [1.82, 2.24) is 0 Å². The van der Waals surface area contributed by atoms with Gasteiger partial charge in [-0.2, -0.15) is 0 Å². The van der Waals surface area contributed by atoms with Crippen LogP contribution in [-0.2, 0) is 0 Å². The molecule has 1 atom stereocenters. The fraction of sp³-hybridized carbons (Fsp3) is 0.500. The van der Waals surface area contributed by atoms with Crippen LogP contribution in [0.15, 0.2) is 18.2 Å². The van der Waals surface area contributed by atoms with Gasteiger partial charge in [0.2, 0.25) is 0 Å². The number of benzene rings is 1. The molecule has 92 valence electrons. The zero-order valence-electron chi connectivity index (χ0n) is 9.83. The summed E-state index contributed by atoms with van der Waals surface area (Å²) in [6.45, 7) is 5.95. The van der Waals surface area contributed by atoms with Gasteiger partial charge in [-0.25, -0.2) is 0 Å². The monoisotopic (exact) mass is 263 g/mol. The van der Waals surface area contributed by atoms with Crippen molar-refractivity contribution in [2.24, 2.45) is 11.1 Å². The van der Waals surface area contributed by atoms with Gasteiger partial charge in [0.05, 0.1) is 0 Å². The van der Waals surface area contributed by atoms with Crippen molar-refractivity contribution in [3.05, 3.63) is 34.3 Å². The SMILES string of the molecule is Cc1cc(Cl)ccc1[C@H](N)C(C)(C)CO.Cl. The minimum atomic E-state index is -0.321. The molecule has 0 aromatic heterocycles. The summed E-state index contributed by atoms with van der Waals surface area (Å²) in [5.74, 6) is 0. The molecule has 0 amide bonds. The quantitative estimate of drug-likeness (QED) is 0.881. The van der Waals surface area contributed by atoms with E-state index >= 15 is 0 Å². The highest BCUT2D eigenvalue weighted by atomic mass is 35.5. The van der Waals surface area contributed by atoms with E-state index in [4.69, 9.17) is 17.3 Å². The summed E-state index contributed by atoms with van der Waals surface area (Å²) < 4.78 is 0. The van der Waals surface area contributed by atoms with Gasteiger partial charge in [-0.1, -0.05) is 31.5 Å². The molecule has 1 aromatic carbocycles. The van der Waals surface area contributed by atoms with Crippen LogP contribution in [0.25, 0.3) is 0 Å². The molecule has 2 nitrogen and oxygen atoms in total. The van der Waals surface area contributed by atoms with Crippen LogP contribution in [0.3, 0.4) is 0 Å². The molecular formula is C12H19Cl2NO. The van der Waals surface area contributed by atoms with Gasteiger partial charge in [0.1, 0.15) is 0 Å². The first-order chi connectivity index (χ1) is 6.88. The summed E-state index contributed by atoms with van der Waals surface area (Å²) in [6, 6.07) is 5.47. The van der Waals surface area contributed by atoms with Crippen LogP contribution >= 0.6 is 24.0 Å². The second kappa shape index (κ2) is 5.87. The smallest absolute Gasteiger partial charge is 0.0500 e. The molecule has 1 aromatic rings. The maximum absolute atomic E-state index is 9.27. The number of rotatable bonds is 3. The number of aliphatic hydroxyl groups excluding tert-OH is 1. The Morgan fingerprint density at radius 1 is 1.44 bits per heavy atom. The summed E-state index contributed by atoms with van der Waals surface area (Å²) in [5, 5.41) is 9.98. The molecule has 16 heavy (non-hydrogen) atoms. The number of aliphatic hydroxyl groups is 1. The van der Waals surface area contributed by atoms with E-state index in [1.807, 2.05) is 39.0 Å². The van der Waals surface area contributed by atoms with Crippen molar-refractivity contribution in [1.29, 1.82) is 0 Å². The molecule has 0 aliphatic carbocycles. The van der Waals surface area contributed by atoms with E-state index in [9.17, 15) is 5.11 Å². The highest BCUT2D eigenvalue weighted by molar-refractivity contribution is 6.30. The van der Waals surface area contributed by atoms with Crippen LogP contribution < -0.4 is 5.73 Å². The topological polar surface area (TPSA) is 46.2 Å². The second-order valence-electron chi connectivity index (χ2n) is 4.63. The first kappa shape index (κ1) is 15.7. The Kier molecular flexibility index (Phi) is 5.77. The predicted molar refractivity (Wildman–Crippen MR) is 71.2 cm³/mol. The van der Waals surface area contributed by atoms with Crippen LogP contribution in [0.4, 0.5) is 0 Å². The highest BCUT2D eigenvalue weighted by Crippen LogP contribution is 2.33. The average Bonchev–Trinajstić information content (AvgIpc) is 2.17. The van der Waals surface area contributed by atoms with Crippen LogP contribution in [0.5, 0.6) is 0 Å². The number of hydrogen-bond donors (Lipinski definition) is 2. The molecule has 4 heteroatoms. The Bertz CT molecular complexity index is 353. The Hall–Kier alpha value is -0.280. The normalized spacial score (nSPS) is 13.1. The van der Waals surface area contributed by atoms with Gasteiger partial charge < -0.3 is 10.8 Å². The summed E-state index contributed by atoms with van der Waals surface area (Å²) >= 11 is 5.88. The molecule has 0 heterocycles. The molecule has 0 aliphatic heterocycles. The van der Waals surface area contributed by atoms with E-state index in [0.717, 1.165) is 11.1 Å². The zero-order valence-corrected chi connectivity index (χ0v) is 11.4. The van der Waals surface area contributed by atoms with E-state index in [1.165, 1.54) is 0 Å². The van der Waals surface area contributed by atoms with Crippen molar-refractivity contribution >= 4 is 24.0 Å². The van der Waals surface area contributed by atoms with Crippen molar-refractivity contribution in [2.45, 2.75) is 26.8 Å². The molecule has 0 saturated carbocycles. The lowest BCUT2D eigenvalue weighted by Gasteiger charge is -2.30. The van der Waals surface area contributed by atoms with Gasteiger partial charge in [0.25, 0.3) is 0 Å². The molecule has 0 saturated heterocycles. The Labute approximate surface area is 108 Å². The molecule has 0 radical (unpaired) electrons. The Balaban J connectivity index is 0.00000225. The zero-order chi connectivity index (χ0) is 11.6. The van der Waals surface area contributed by atoms with E-state index < -0.39 is 0 Å². The van der Waals surface area contributed by atoms with Crippen LogP contribution in [0, 0.1) is 12.3 Å². The van der Waals surface area contributed by atoms with E-state index in [0.29, 0.717) is 5.02 Å². The molecule has 0 aliphatic rings. The van der Waals surface area contributed by atoms with Crippen LogP contribution in [0.2, 0.25) is 5.02 Å². The molecule has 1 rings (SSSR count). The van der Waals surface area contributed by atoms with Gasteiger partial charge in [0, 0.05) is 23.1 Å². The van der Waals surface area contributed by atoms with Crippen molar-refractivity contribution < 1.29 is 5.11 Å². The standard InChI is InChI=1S/C12H18ClNO.ClH/c1-8-6-9(13)4-5-10(8)11(14)12(2,3)7-15;/h4-6,11,15H,7,14H2,1-3H3;1H/t11-;/m0./s1. The lowest BCUT2D eigenvalue weighted by molar-refractivity contribution is 0.132. The van der Waals surface area contributed by atoms with Gasteiger partial charge in [-0.15, -0.1) is 12.4 Å². The third-order valence-electron chi connectivity index (χ3n) is 2.82. The van der Waals surface area contributed by atoms with E-state index in [2.05, 4.69) is 0 Å². The molecule has 0 fully saturated rings. The third-order valence-corrected chi connectivity index (χ3v) is 3.05. The van der Waals surface area contributed by atoms with Crippen LogP contribution in [0.1, 0.15) is 31.0 Å². The van der Waals surface area contributed by atoms with Gasteiger partial charge in [0.15, 0.2) is 0 Å². The average molecular weight is 264 g/mol. The summed E-state index contributed by atoms with van der Waals surface area (Å²) in [5.41, 5.74) is 7.92. The Morgan fingerprint density at radius 3 is 2.44 bits per heavy atom. The van der Waals surface area contributed by atoms with Crippen molar-refractivity contribution in [3.63, 3.8) is 0 Å². The number of aryl methyl sites for hydroxylation is 1. The summed E-state index contributed by atoms with van der Waals surface area (Å²) in [6.07, 6.45) is 0. The number of halogens is 2. The molecule has 0 bridgehead atoms. The maximum atomic E-state index is 9.27. The minimum Gasteiger partial charge on any atom is -0.396 e. The second-order valence-corrected chi connectivity index (χ2v) is 5.06. The summed E-state index contributed by atoms with van der Waals surface area (Å²) in [4.78, 5) is 0. The van der Waals surface area contributed by atoms with E-state index in [-0.39, 0.29) is 30.5 Å². The third kappa shape index (κ3) is 3.36. The van der Waals surface area contributed by atoms with Gasteiger partial charge >= 0.3 is 0 Å². The summed E-state index contributed by atoms with van der Waals surface area (Å²) in [7, 11) is 0. The first-order valence-corrected chi connectivity index (χ1v) is 5.39. The lowest BCUT2D eigenvalue weighted by atomic mass is 9.80. The fourth-order valence-electron chi connectivity index (χ4n) is 1.51. The number of hydrogen-bond acceptors (Lipinski definition) is 2. The molecule has 3 N–H and O–H groups in total. The number of nitrogens with two attached hydrogens (primary N) is 1. The Morgan fingerprint density at radius 2 is 2.00 bits per heavy atom. The van der Waals surface area contributed by atoms with Crippen LogP contribution in [-0.4, -0.2) is 11.7 Å². The molecule has 0 spiro atoms. The highest BCUT2D eigenvalue weighted by Gasteiger charge is 2.27. The molecule has 0 unspecified atom stereocenters. The van der Waals surface area contributed by atoms with Gasteiger partial charge in [-0.3, -0.25) is 0 Å². The first-order valence-electron chi connectivity index (χ1n) is 5.01. The minimum absolute atomic E-state index is 0.